The molecule has 78 valence electrons. The summed E-state index contributed by atoms with van der Waals surface area (Å²) in [6, 6.07) is 1.79. The zero-order valence-electron chi connectivity index (χ0n) is 7.42. The van der Waals surface area contributed by atoms with Gasteiger partial charge in [-0.3, -0.25) is 9.97 Å². The molecule has 0 saturated heterocycles. The molecule has 0 radical (unpaired) electrons. The van der Waals surface area contributed by atoms with E-state index < -0.39 is 11.7 Å². The van der Waals surface area contributed by atoms with E-state index >= 15 is 0 Å². The number of nitrogens with two attached hydrogens (primary N) is 1. The molecule has 6 heteroatoms. The lowest BCUT2D eigenvalue weighted by atomic mass is 10.1. The number of hydrogen-bond acceptors (Lipinski definition) is 3. The highest BCUT2D eigenvalue weighted by Crippen LogP contribution is 2.32. The van der Waals surface area contributed by atoms with Crippen LogP contribution in [0.1, 0.15) is 5.56 Å². The Hall–Kier alpha value is -1.85. The fourth-order valence-corrected chi connectivity index (χ4v) is 1.27. The molecule has 0 spiro atoms. The number of benzene rings is 1. The first kappa shape index (κ1) is 9.70. The molecule has 1 aromatic heterocycles. The first-order valence-electron chi connectivity index (χ1n) is 4.06. The van der Waals surface area contributed by atoms with E-state index in [1.54, 1.807) is 0 Å². The Morgan fingerprint density at radius 1 is 1.07 bits per heavy atom. The van der Waals surface area contributed by atoms with E-state index in [9.17, 15) is 13.2 Å². The predicted octanol–water partition coefficient (Wildman–Crippen LogP) is 2.23. The molecule has 0 amide bonds. The molecule has 0 bridgehead atoms. The molecular formula is C9H6F3N3. The number of aromatic nitrogens is 2. The average Bonchev–Trinajstić information content (AvgIpc) is 2.16. The van der Waals surface area contributed by atoms with Gasteiger partial charge in [0.05, 0.1) is 16.8 Å². The maximum Gasteiger partial charge on any atom is 0.416 e. The minimum absolute atomic E-state index is 0.0204. The normalized spacial score (nSPS) is 11.9. The standard InChI is InChI=1S/C9H6F3N3/c10-9(11,12)5-3-6(13)8-7(4-5)14-1-2-15-8/h1-4H,13H2. The van der Waals surface area contributed by atoms with Gasteiger partial charge in [0.1, 0.15) is 5.52 Å². The first-order chi connectivity index (χ1) is 6.98. The maximum absolute atomic E-state index is 12.4. The van der Waals surface area contributed by atoms with E-state index in [0.29, 0.717) is 0 Å². The van der Waals surface area contributed by atoms with E-state index in [-0.39, 0.29) is 16.7 Å². The van der Waals surface area contributed by atoms with Crippen LogP contribution in [0.15, 0.2) is 24.5 Å². The molecular weight excluding hydrogens is 207 g/mol. The zero-order valence-corrected chi connectivity index (χ0v) is 7.42. The molecule has 2 aromatic rings. The molecule has 0 aliphatic heterocycles. The van der Waals surface area contributed by atoms with Gasteiger partial charge in [0.25, 0.3) is 0 Å². The van der Waals surface area contributed by atoms with Crippen LogP contribution < -0.4 is 5.73 Å². The van der Waals surface area contributed by atoms with Gasteiger partial charge in [0.2, 0.25) is 0 Å². The zero-order chi connectivity index (χ0) is 11.1. The molecule has 0 unspecified atom stereocenters. The molecule has 0 aliphatic rings. The van der Waals surface area contributed by atoms with Gasteiger partial charge in [-0.1, -0.05) is 0 Å². The van der Waals surface area contributed by atoms with E-state index in [4.69, 9.17) is 5.73 Å². The van der Waals surface area contributed by atoms with Gasteiger partial charge in [-0.05, 0) is 12.1 Å². The summed E-state index contributed by atoms with van der Waals surface area (Å²) in [4.78, 5) is 7.62. The Labute approximate surface area is 82.8 Å². The third-order valence-electron chi connectivity index (χ3n) is 1.93. The van der Waals surface area contributed by atoms with Gasteiger partial charge in [-0.15, -0.1) is 0 Å². The van der Waals surface area contributed by atoms with Gasteiger partial charge in [0.15, 0.2) is 0 Å². The van der Waals surface area contributed by atoms with Crippen molar-refractivity contribution in [1.29, 1.82) is 0 Å². The Kier molecular flexibility index (Phi) is 1.99. The van der Waals surface area contributed by atoms with Crippen molar-refractivity contribution in [2.75, 3.05) is 5.73 Å². The van der Waals surface area contributed by atoms with E-state index in [1.165, 1.54) is 12.4 Å². The van der Waals surface area contributed by atoms with Gasteiger partial charge in [-0.2, -0.15) is 13.2 Å². The monoisotopic (exact) mass is 213 g/mol. The lowest BCUT2D eigenvalue weighted by Gasteiger charge is -2.08. The molecule has 2 N–H and O–H groups in total. The third-order valence-corrected chi connectivity index (χ3v) is 1.93. The topological polar surface area (TPSA) is 51.8 Å². The second kappa shape index (κ2) is 3.08. The summed E-state index contributed by atoms with van der Waals surface area (Å²) in [5, 5.41) is 0. The van der Waals surface area contributed by atoms with Crippen LogP contribution in [0.4, 0.5) is 18.9 Å². The van der Waals surface area contributed by atoms with E-state index in [0.717, 1.165) is 12.1 Å². The maximum atomic E-state index is 12.4. The largest absolute Gasteiger partial charge is 0.416 e. The summed E-state index contributed by atoms with van der Waals surface area (Å²) >= 11 is 0. The van der Waals surface area contributed by atoms with E-state index in [2.05, 4.69) is 9.97 Å². The smallest absolute Gasteiger partial charge is 0.397 e. The van der Waals surface area contributed by atoms with Gasteiger partial charge < -0.3 is 5.73 Å². The average molecular weight is 213 g/mol. The second-order valence-corrected chi connectivity index (χ2v) is 2.99. The van der Waals surface area contributed by atoms with Crippen molar-refractivity contribution in [3.05, 3.63) is 30.1 Å². The highest BCUT2D eigenvalue weighted by Gasteiger charge is 2.31. The lowest BCUT2D eigenvalue weighted by Crippen LogP contribution is -2.06. The van der Waals surface area contributed by atoms with Crippen molar-refractivity contribution in [1.82, 2.24) is 9.97 Å². The van der Waals surface area contributed by atoms with Crippen LogP contribution in [-0.4, -0.2) is 9.97 Å². The Bertz CT molecular complexity index is 507. The Morgan fingerprint density at radius 2 is 1.73 bits per heavy atom. The number of rotatable bonds is 0. The molecule has 0 aliphatic carbocycles. The number of halogens is 3. The molecule has 0 atom stereocenters. The Morgan fingerprint density at radius 3 is 2.40 bits per heavy atom. The molecule has 1 aromatic carbocycles. The fraction of sp³-hybridized carbons (Fsp3) is 0.111. The quantitative estimate of drug-likeness (QED) is 0.682. The highest BCUT2D eigenvalue weighted by atomic mass is 19.4. The van der Waals surface area contributed by atoms with Gasteiger partial charge in [0, 0.05) is 12.4 Å². The van der Waals surface area contributed by atoms with Crippen LogP contribution in [0, 0.1) is 0 Å². The SMILES string of the molecule is Nc1cc(C(F)(F)F)cc2nccnc12. The van der Waals surface area contributed by atoms with Gasteiger partial charge >= 0.3 is 6.18 Å². The lowest BCUT2D eigenvalue weighted by molar-refractivity contribution is -0.137. The van der Waals surface area contributed by atoms with Gasteiger partial charge in [-0.25, -0.2) is 0 Å². The molecule has 0 saturated carbocycles. The molecule has 1 heterocycles. The molecule has 0 fully saturated rings. The highest BCUT2D eigenvalue weighted by molar-refractivity contribution is 5.86. The summed E-state index contributed by atoms with van der Waals surface area (Å²) in [5.41, 5.74) is 5.04. The summed E-state index contributed by atoms with van der Waals surface area (Å²) < 4.78 is 37.2. The predicted molar refractivity (Wildman–Crippen MR) is 49.0 cm³/mol. The number of nitrogen functional groups attached to an aromatic ring is 1. The van der Waals surface area contributed by atoms with Crippen LogP contribution in [0.2, 0.25) is 0 Å². The van der Waals surface area contributed by atoms with Crippen molar-refractivity contribution in [2.45, 2.75) is 6.18 Å². The summed E-state index contributed by atoms with van der Waals surface area (Å²) in [6.45, 7) is 0. The van der Waals surface area contributed by atoms with Crippen molar-refractivity contribution in [3.63, 3.8) is 0 Å². The minimum atomic E-state index is -4.42. The number of fused-ring (bicyclic) bond motifs is 1. The van der Waals surface area contributed by atoms with Crippen molar-refractivity contribution in [2.24, 2.45) is 0 Å². The van der Waals surface area contributed by atoms with Crippen molar-refractivity contribution in [3.8, 4) is 0 Å². The minimum Gasteiger partial charge on any atom is -0.397 e. The number of hydrogen-bond donors (Lipinski definition) is 1. The fourth-order valence-electron chi connectivity index (χ4n) is 1.27. The number of alkyl halides is 3. The first-order valence-corrected chi connectivity index (χ1v) is 4.06. The number of nitrogens with zero attached hydrogens (tertiary/aromatic N) is 2. The van der Waals surface area contributed by atoms with Crippen LogP contribution in [-0.2, 0) is 6.18 Å². The van der Waals surface area contributed by atoms with Crippen LogP contribution in [0.5, 0.6) is 0 Å². The van der Waals surface area contributed by atoms with Crippen LogP contribution >= 0.6 is 0 Å². The summed E-state index contributed by atoms with van der Waals surface area (Å²) in [7, 11) is 0. The van der Waals surface area contributed by atoms with Crippen LogP contribution in [0.3, 0.4) is 0 Å². The summed E-state index contributed by atoms with van der Waals surface area (Å²) in [6.07, 6.45) is -1.71. The summed E-state index contributed by atoms with van der Waals surface area (Å²) in [5.74, 6) is 0. The Balaban J connectivity index is 2.73. The van der Waals surface area contributed by atoms with Crippen LogP contribution in [0.25, 0.3) is 11.0 Å². The van der Waals surface area contributed by atoms with Crippen molar-refractivity contribution < 1.29 is 13.2 Å². The second-order valence-electron chi connectivity index (χ2n) is 2.99. The molecule has 3 nitrogen and oxygen atoms in total. The number of anilines is 1. The van der Waals surface area contributed by atoms with Crippen molar-refractivity contribution >= 4 is 16.7 Å². The molecule has 15 heavy (non-hydrogen) atoms. The third kappa shape index (κ3) is 1.70. The molecule has 2 rings (SSSR count). The van der Waals surface area contributed by atoms with E-state index in [1.807, 2.05) is 0 Å².